The Morgan fingerprint density at radius 3 is 1.77 bits per heavy atom. The van der Waals surface area contributed by atoms with E-state index in [4.69, 9.17) is 0 Å². The van der Waals surface area contributed by atoms with E-state index < -0.39 is 0 Å². The molecule has 0 saturated heterocycles. The average molecular weight is 608 g/mol. The number of hydrogen-bond acceptors (Lipinski definition) is 2. The van der Waals surface area contributed by atoms with E-state index >= 15 is 0 Å². The smallest absolute Gasteiger partial charge is 0.108 e. The van der Waals surface area contributed by atoms with Crippen molar-refractivity contribution in [3.8, 4) is 5.69 Å². The Kier molecular flexibility index (Phi) is 6.46. The highest BCUT2D eigenvalue weighted by atomic mass is 79.9. The largest absolute Gasteiger partial charge is 0.300 e. The van der Waals surface area contributed by atoms with Crippen LogP contribution in [0.5, 0.6) is 0 Å². The van der Waals surface area contributed by atoms with Crippen molar-refractivity contribution in [2.24, 2.45) is 0 Å². The molecule has 5 aromatic heterocycles. The van der Waals surface area contributed by atoms with Gasteiger partial charge in [-0.15, -0.1) is 22.7 Å². The SMILES string of the molecule is Brc1ccccc1-n1c2ccccc2c2ccsc21.C.C.c1ccc2c(c1)c1cccc3c4ccsc4n2c13. The standard InChI is InChI=1S/C16H10BrNS.C16H9NS.2CH4/c17-13-6-2-4-8-15(13)18-14-7-3-1-5-11(14)12-9-10-19-16(12)18;1-2-7-14-10(4-1)11-5-3-6-12-13-8-9-18-16(13)17(14)15(11)12;;/h1-10H;1-9H;2*1H4. The van der Waals surface area contributed by atoms with Crippen LogP contribution in [0.4, 0.5) is 0 Å². The van der Waals surface area contributed by atoms with Crippen molar-refractivity contribution in [2.75, 3.05) is 0 Å². The van der Waals surface area contributed by atoms with Crippen molar-refractivity contribution in [3.63, 3.8) is 0 Å². The van der Waals surface area contributed by atoms with Gasteiger partial charge in [-0.25, -0.2) is 0 Å². The highest BCUT2D eigenvalue weighted by Crippen LogP contribution is 2.40. The zero-order valence-corrected chi connectivity index (χ0v) is 22.8. The molecule has 0 amide bonds. The maximum absolute atomic E-state index is 3.66. The minimum Gasteiger partial charge on any atom is -0.300 e. The summed E-state index contributed by atoms with van der Waals surface area (Å²) in [7, 11) is 0. The van der Waals surface area contributed by atoms with Crippen LogP contribution in [0.15, 0.2) is 118 Å². The fraction of sp³-hybridized carbons (Fsp3) is 0.0588. The number of hydrogen-bond donors (Lipinski definition) is 0. The normalized spacial score (nSPS) is 11.3. The van der Waals surface area contributed by atoms with Crippen LogP contribution in [0.25, 0.3) is 64.2 Å². The Morgan fingerprint density at radius 1 is 0.487 bits per heavy atom. The molecule has 0 atom stereocenters. The number of para-hydroxylation sites is 4. The van der Waals surface area contributed by atoms with E-state index in [0.717, 1.165) is 4.47 Å². The van der Waals surface area contributed by atoms with Crippen LogP contribution < -0.4 is 0 Å². The maximum atomic E-state index is 3.66. The Morgan fingerprint density at radius 2 is 1.03 bits per heavy atom. The van der Waals surface area contributed by atoms with Gasteiger partial charge < -0.3 is 0 Å². The van der Waals surface area contributed by atoms with Crippen LogP contribution >= 0.6 is 38.6 Å². The van der Waals surface area contributed by atoms with Crippen molar-refractivity contribution >= 4 is 97.1 Å². The van der Waals surface area contributed by atoms with Crippen LogP contribution in [0.1, 0.15) is 14.9 Å². The molecule has 0 saturated carbocycles. The van der Waals surface area contributed by atoms with Crippen LogP contribution in [-0.4, -0.2) is 8.97 Å². The molecule has 0 unspecified atom stereocenters. The van der Waals surface area contributed by atoms with Crippen LogP contribution in [0, 0.1) is 0 Å². The Labute approximate surface area is 243 Å². The van der Waals surface area contributed by atoms with Gasteiger partial charge in [0.15, 0.2) is 0 Å². The summed E-state index contributed by atoms with van der Waals surface area (Å²) < 4.78 is 5.87. The Hall–Kier alpha value is -3.64. The van der Waals surface area contributed by atoms with Gasteiger partial charge in [0.25, 0.3) is 0 Å². The van der Waals surface area contributed by atoms with Gasteiger partial charge in [-0.2, -0.15) is 0 Å². The Bertz CT molecular complexity index is 2230. The average Bonchev–Trinajstić information content (AvgIpc) is 3.74. The molecule has 0 aliphatic rings. The van der Waals surface area contributed by atoms with Gasteiger partial charge in [0.2, 0.25) is 0 Å². The van der Waals surface area contributed by atoms with E-state index in [2.05, 4.69) is 133 Å². The fourth-order valence-electron chi connectivity index (χ4n) is 5.68. The first-order chi connectivity index (χ1) is 18.3. The second-order valence-corrected chi connectivity index (χ2v) is 11.8. The third-order valence-electron chi connectivity index (χ3n) is 7.21. The van der Waals surface area contributed by atoms with Crippen LogP contribution in [0.3, 0.4) is 0 Å². The first-order valence-electron chi connectivity index (χ1n) is 12.1. The van der Waals surface area contributed by atoms with E-state index in [1.54, 1.807) is 11.3 Å². The number of rotatable bonds is 1. The molecule has 0 radical (unpaired) electrons. The number of fused-ring (bicyclic) bond motifs is 9. The molecule has 2 nitrogen and oxygen atoms in total. The number of halogens is 1. The van der Waals surface area contributed by atoms with Gasteiger partial charge in [-0.1, -0.05) is 81.6 Å². The van der Waals surface area contributed by atoms with Gasteiger partial charge >= 0.3 is 0 Å². The topological polar surface area (TPSA) is 9.34 Å². The lowest BCUT2D eigenvalue weighted by Crippen LogP contribution is -1.93. The number of thiophene rings is 2. The molecule has 0 fully saturated rings. The second-order valence-electron chi connectivity index (χ2n) is 9.14. The van der Waals surface area contributed by atoms with Crippen molar-refractivity contribution in [1.29, 1.82) is 0 Å². The molecule has 0 N–H and O–H groups in total. The van der Waals surface area contributed by atoms with Gasteiger partial charge in [-0.3, -0.25) is 8.97 Å². The quantitative estimate of drug-likeness (QED) is 0.176. The highest BCUT2D eigenvalue weighted by molar-refractivity contribution is 9.10. The second kappa shape index (κ2) is 9.83. The molecular weight excluding hydrogens is 580 g/mol. The minimum absolute atomic E-state index is 0. The summed E-state index contributed by atoms with van der Waals surface area (Å²) in [6.45, 7) is 0. The molecule has 0 aliphatic carbocycles. The molecule has 5 heteroatoms. The summed E-state index contributed by atoms with van der Waals surface area (Å²) in [6, 6.07) is 36.7. The zero-order valence-electron chi connectivity index (χ0n) is 19.6. The molecule has 4 aromatic carbocycles. The minimum atomic E-state index is 0. The van der Waals surface area contributed by atoms with E-state index in [0.29, 0.717) is 0 Å². The van der Waals surface area contributed by atoms with Crippen molar-refractivity contribution in [2.45, 2.75) is 14.9 Å². The van der Waals surface area contributed by atoms with Crippen LogP contribution in [-0.2, 0) is 0 Å². The molecule has 0 aliphatic heterocycles. The van der Waals surface area contributed by atoms with Crippen molar-refractivity contribution < 1.29 is 0 Å². The lowest BCUT2D eigenvalue weighted by Gasteiger charge is -2.08. The van der Waals surface area contributed by atoms with Crippen LogP contribution in [0.2, 0.25) is 0 Å². The molecule has 0 spiro atoms. The first-order valence-corrected chi connectivity index (χ1v) is 14.7. The molecule has 5 heterocycles. The van der Waals surface area contributed by atoms with Crippen molar-refractivity contribution in [3.05, 3.63) is 118 Å². The predicted molar refractivity (Wildman–Crippen MR) is 179 cm³/mol. The van der Waals surface area contributed by atoms with Crippen molar-refractivity contribution in [1.82, 2.24) is 8.97 Å². The Balaban J connectivity index is 0.000000135. The predicted octanol–water partition coefficient (Wildman–Crippen LogP) is 11.8. The lowest BCUT2D eigenvalue weighted by atomic mass is 10.1. The van der Waals surface area contributed by atoms with Gasteiger partial charge in [0, 0.05) is 36.8 Å². The molecule has 39 heavy (non-hydrogen) atoms. The van der Waals surface area contributed by atoms with Gasteiger partial charge in [0.05, 0.1) is 22.2 Å². The molecule has 9 rings (SSSR count). The molecule has 192 valence electrons. The number of benzene rings is 4. The summed E-state index contributed by atoms with van der Waals surface area (Å²) in [5.41, 5.74) is 5.15. The number of nitrogens with zero attached hydrogens (tertiary/aromatic N) is 2. The molecule has 0 bridgehead atoms. The van der Waals surface area contributed by atoms with Gasteiger partial charge in [-0.05, 0) is 63.1 Å². The maximum Gasteiger partial charge on any atom is 0.108 e. The zero-order chi connectivity index (χ0) is 24.5. The summed E-state index contributed by atoms with van der Waals surface area (Å²) in [6.07, 6.45) is 0. The lowest BCUT2D eigenvalue weighted by molar-refractivity contribution is 1.18. The van der Waals surface area contributed by atoms with E-state index in [9.17, 15) is 0 Å². The highest BCUT2D eigenvalue weighted by Gasteiger charge is 2.17. The summed E-state index contributed by atoms with van der Waals surface area (Å²) in [5, 5.41) is 12.5. The monoisotopic (exact) mass is 606 g/mol. The third kappa shape index (κ3) is 3.64. The summed E-state index contributed by atoms with van der Waals surface area (Å²) in [5.74, 6) is 0. The molecular formula is C34H27BrN2S2. The summed E-state index contributed by atoms with van der Waals surface area (Å²) in [4.78, 5) is 2.66. The first kappa shape index (κ1) is 25.6. The fourth-order valence-corrected chi connectivity index (χ4v) is 8.02. The van der Waals surface area contributed by atoms with E-state index in [-0.39, 0.29) is 14.9 Å². The van der Waals surface area contributed by atoms with Gasteiger partial charge in [0.1, 0.15) is 9.66 Å². The summed E-state index contributed by atoms with van der Waals surface area (Å²) >= 11 is 7.27. The van der Waals surface area contributed by atoms with E-state index in [1.807, 2.05) is 17.4 Å². The molecule has 9 aromatic rings. The number of aromatic nitrogens is 2. The third-order valence-corrected chi connectivity index (χ3v) is 9.68. The van der Waals surface area contributed by atoms with E-state index in [1.165, 1.54) is 64.2 Å².